The minimum Gasteiger partial charge on any atom is -0.461 e. The summed E-state index contributed by atoms with van der Waals surface area (Å²) in [5.41, 5.74) is 0.903. The van der Waals surface area contributed by atoms with Crippen molar-refractivity contribution in [1.29, 1.82) is 0 Å². The topological polar surface area (TPSA) is 86.9 Å². The molecule has 0 unspecified atom stereocenters. The molecule has 0 bridgehead atoms. The number of nitrogens with zero attached hydrogens (tertiary/aromatic N) is 2. The van der Waals surface area contributed by atoms with Crippen LogP contribution in [-0.4, -0.2) is 56.7 Å². The Balaban J connectivity index is 1.53. The second kappa shape index (κ2) is 9.43. The molecule has 0 atom stereocenters. The predicted octanol–water partition coefficient (Wildman–Crippen LogP) is 2.34. The quantitative estimate of drug-likeness (QED) is 0.544. The molecule has 7 nitrogen and oxygen atoms in total. The van der Waals surface area contributed by atoms with Crippen LogP contribution in [-0.2, 0) is 16.4 Å². The minimum absolute atomic E-state index is 0.164. The number of sulfonamides is 1. The normalized spacial score (nSPS) is 17.1. The zero-order chi connectivity index (χ0) is 20.0. The van der Waals surface area contributed by atoms with Gasteiger partial charge < -0.3 is 15.1 Å². The number of aliphatic imine (C=N–C) groups is 1. The van der Waals surface area contributed by atoms with Crippen LogP contribution in [0.25, 0.3) is 11.0 Å². The maximum absolute atomic E-state index is 12.0. The molecule has 8 heteroatoms. The number of guanidine groups is 1. The fourth-order valence-corrected chi connectivity index (χ4v) is 4.54. The van der Waals surface area contributed by atoms with E-state index in [0.29, 0.717) is 19.6 Å². The number of furan rings is 1. The summed E-state index contributed by atoms with van der Waals surface area (Å²) in [6, 6.07) is 10.3. The molecule has 0 amide bonds. The van der Waals surface area contributed by atoms with Gasteiger partial charge in [-0.2, -0.15) is 0 Å². The van der Waals surface area contributed by atoms with Gasteiger partial charge in [-0.25, -0.2) is 12.7 Å². The second-order valence-electron chi connectivity index (χ2n) is 6.98. The van der Waals surface area contributed by atoms with Crippen LogP contribution in [0.4, 0.5) is 0 Å². The first kappa shape index (κ1) is 20.7. The van der Waals surface area contributed by atoms with Crippen LogP contribution in [0.1, 0.15) is 32.4 Å². The third-order valence-corrected chi connectivity index (χ3v) is 6.88. The summed E-state index contributed by atoms with van der Waals surface area (Å²) in [5.74, 6) is 1.87. The fourth-order valence-electron chi connectivity index (χ4n) is 3.41. The van der Waals surface area contributed by atoms with Crippen molar-refractivity contribution in [2.45, 2.75) is 39.2 Å². The number of hydrogen-bond acceptors (Lipinski definition) is 4. The molecular formula is C20H30N4O3S. The highest BCUT2D eigenvalue weighted by Gasteiger charge is 2.26. The second-order valence-corrected chi connectivity index (χ2v) is 9.24. The SMILES string of the molecule is CCNC(=NCCc1cc2ccccc2o1)NC1CCN(S(=O)(=O)CC)CC1. The molecule has 1 aromatic heterocycles. The smallest absolute Gasteiger partial charge is 0.213 e. The van der Waals surface area contributed by atoms with Crippen LogP contribution in [0.2, 0.25) is 0 Å². The van der Waals surface area contributed by atoms with Crippen molar-refractivity contribution in [3.05, 3.63) is 36.1 Å². The van der Waals surface area contributed by atoms with Crippen molar-refractivity contribution in [1.82, 2.24) is 14.9 Å². The van der Waals surface area contributed by atoms with E-state index in [1.54, 1.807) is 11.2 Å². The van der Waals surface area contributed by atoms with Gasteiger partial charge in [0.25, 0.3) is 0 Å². The molecule has 2 aromatic rings. The maximum Gasteiger partial charge on any atom is 0.213 e. The molecule has 1 saturated heterocycles. The van der Waals surface area contributed by atoms with E-state index in [4.69, 9.17) is 4.42 Å². The summed E-state index contributed by atoms with van der Waals surface area (Å²) in [4.78, 5) is 4.66. The fraction of sp³-hybridized carbons (Fsp3) is 0.550. The lowest BCUT2D eigenvalue weighted by molar-refractivity contribution is 0.306. The van der Waals surface area contributed by atoms with Crippen LogP contribution in [0, 0.1) is 0 Å². The molecule has 1 aliphatic rings. The van der Waals surface area contributed by atoms with E-state index in [0.717, 1.165) is 48.5 Å². The van der Waals surface area contributed by atoms with Crippen molar-refractivity contribution in [2.75, 3.05) is 31.9 Å². The molecule has 154 valence electrons. The average Bonchev–Trinajstić information content (AvgIpc) is 3.11. The van der Waals surface area contributed by atoms with Gasteiger partial charge in [-0.15, -0.1) is 0 Å². The highest BCUT2D eigenvalue weighted by Crippen LogP contribution is 2.19. The first-order valence-electron chi connectivity index (χ1n) is 10.0. The van der Waals surface area contributed by atoms with Gasteiger partial charge in [-0.1, -0.05) is 18.2 Å². The molecule has 0 aliphatic carbocycles. The van der Waals surface area contributed by atoms with Gasteiger partial charge in [0.15, 0.2) is 5.96 Å². The van der Waals surface area contributed by atoms with E-state index in [1.807, 2.05) is 31.2 Å². The van der Waals surface area contributed by atoms with E-state index in [-0.39, 0.29) is 11.8 Å². The van der Waals surface area contributed by atoms with Crippen molar-refractivity contribution in [3.8, 4) is 0 Å². The highest BCUT2D eigenvalue weighted by molar-refractivity contribution is 7.89. The first-order chi connectivity index (χ1) is 13.5. The molecule has 0 spiro atoms. The molecule has 1 fully saturated rings. The lowest BCUT2D eigenvalue weighted by atomic mass is 10.1. The predicted molar refractivity (Wildman–Crippen MR) is 113 cm³/mol. The summed E-state index contributed by atoms with van der Waals surface area (Å²) in [5, 5.41) is 7.83. The third-order valence-electron chi connectivity index (χ3n) is 5.00. The Hall–Kier alpha value is -2.06. The Morgan fingerprint density at radius 2 is 2.00 bits per heavy atom. The van der Waals surface area contributed by atoms with Crippen LogP contribution in [0.3, 0.4) is 0 Å². The van der Waals surface area contributed by atoms with Gasteiger partial charge in [0.1, 0.15) is 11.3 Å². The number of para-hydroxylation sites is 1. The zero-order valence-electron chi connectivity index (χ0n) is 16.6. The van der Waals surface area contributed by atoms with Crippen molar-refractivity contribution >= 4 is 27.0 Å². The standard InChI is InChI=1S/C20H30N4O3S/c1-3-21-20(23-17-10-13-24(14-11-17)28(25,26)4-2)22-12-9-18-15-16-7-5-6-8-19(16)27-18/h5-8,15,17H,3-4,9-14H2,1-2H3,(H2,21,22,23). The van der Waals surface area contributed by atoms with Crippen molar-refractivity contribution in [2.24, 2.45) is 4.99 Å². The summed E-state index contributed by atoms with van der Waals surface area (Å²) in [6.45, 7) is 6.25. The first-order valence-corrected chi connectivity index (χ1v) is 11.6. The van der Waals surface area contributed by atoms with E-state index in [9.17, 15) is 8.42 Å². The van der Waals surface area contributed by atoms with E-state index in [1.165, 1.54) is 0 Å². The van der Waals surface area contributed by atoms with Gasteiger partial charge >= 0.3 is 0 Å². The number of benzene rings is 1. The third kappa shape index (κ3) is 5.26. The van der Waals surface area contributed by atoms with Gasteiger partial charge in [0, 0.05) is 44.0 Å². The summed E-state index contributed by atoms with van der Waals surface area (Å²) >= 11 is 0. The molecule has 1 aromatic carbocycles. The number of fused-ring (bicyclic) bond motifs is 1. The molecule has 0 saturated carbocycles. The Bertz CT molecular complexity index is 866. The van der Waals surface area contributed by atoms with Crippen LogP contribution in [0.5, 0.6) is 0 Å². The van der Waals surface area contributed by atoms with Crippen molar-refractivity contribution < 1.29 is 12.8 Å². The average molecular weight is 407 g/mol. The number of piperidine rings is 1. The number of rotatable bonds is 7. The molecule has 1 aliphatic heterocycles. The van der Waals surface area contributed by atoms with Crippen LogP contribution in [0.15, 0.2) is 39.7 Å². The van der Waals surface area contributed by atoms with Gasteiger partial charge in [0.05, 0.1) is 5.75 Å². The molecule has 2 heterocycles. The van der Waals surface area contributed by atoms with Crippen molar-refractivity contribution in [3.63, 3.8) is 0 Å². The maximum atomic E-state index is 12.0. The molecule has 3 rings (SSSR count). The Kier molecular flexibility index (Phi) is 6.96. The Labute approximate surface area is 167 Å². The van der Waals surface area contributed by atoms with Crippen LogP contribution < -0.4 is 10.6 Å². The Morgan fingerprint density at radius 1 is 1.25 bits per heavy atom. The largest absolute Gasteiger partial charge is 0.461 e. The van der Waals surface area contributed by atoms with Gasteiger partial charge in [-0.3, -0.25) is 4.99 Å². The lowest BCUT2D eigenvalue weighted by Crippen LogP contribution is -2.50. The van der Waals surface area contributed by atoms with Gasteiger partial charge in [0.2, 0.25) is 10.0 Å². The van der Waals surface area contributed by atoms with E-state index >= 15 is 0 Å². The highest BCUT2D eigenvalue weighted by atomic mass is 32.2. The van der Waals surface area contributed by atoms with Gasteiger partial charge in [-0.05, 0) is 38.8 Å². The number of nitrogens with one attached hydrogen (secondary N) is 2. The summed E-state index contributed by atoms with van der Waals surface area (Å²) < 4.78 is 31.4. The zero-order valence-corrected chi connectivity index (χ0v) is 17.5. The minimum atomic E-state index is -3.09. The summed E-state index contributed by atoms with van der Waals surface area (Å²) in [6.07, 6.45) is 2.30. The van der Waals surface area contributed by atoms with E-state index < -0.39 is 10.0 Å². The molecule has 2 N–H and O–H groups in total. The molecular weight excluding hydrogens is 376 g/mol. The number of hydrogen-bond donors (Lipinski definition) is 2. The summed E-state index contributed by atoms with van der Waals surface area (Å²) in [7, 11) is -3.09. The molecule has 0 radical (unpaired) electrons. The monoisotopic (exact) mass is 406 g/mol. The molecule has 28 heavy (non-hydrogen) atoms. The Morgan fingerprint density at radius 3 is 2.68 bits per heavy atom. The van der Waals surface area contributed by atoms with E-state index in [2.05, 4.69) is 21.7 Å². The van der Waals surface area contributed by atoms with Crippen LogP contribution >= 0.6 is 0 Å². The lowest BCUT2D eigenvalue weighted by Gasteiger charge is -2.32.